The van der Waals surface area contributed by atoms with Crippen LogP contribution in [0.15, 0.2) is 36.4 Å². The molecule has 0 spiro atoms. The first-order valence-electron chi connectivity index (χ1n) is 5.45. The van der Waals surface area contributed by atoms with Crippen LogP contribution in [0.2, 0.25) is 10.0 Å². The number of methoxy groups -OCH3 is 1. The number of rotatable bonds is 3. The zero-order valence-corrected chi connectivity index (χ0v) is 12.2. The van der Waals surface area contributed by atoms with E-state index in [-0.39, 0.29) is 5.75 Å². The average Bonchev–Trinajstić information content (AvgIpc) is 2.38. The van der Waals surface area contributed by atoms with Gasteiger partial charge in [0, 0.05) is 10.0 Å². The summed E-state index contributed by atoms with van der Waals surface area (Å²) >= 11 is 18.3. The quantitative estimate of drug-likeness (QED) is 0.682. The summed E-state index contributed by atoms with van der Waals surface area (Å²) in [6.45, 7) is 0. The zero-order chi connectivity index (χ0) is 14.0. The van der Waals surface area contributed by atoms with Crippen molar-refractivity contribution in [3.8, 4) is 5.75 Å². The summed E-state index contributed by atoms with van der Waals surface area (Å²) in [4.78, 5) is 0. The van der Waals surface area contributed by atoms with Gasteiger partial charge in [-0.3, -0.25) is 0 Å². The molecule has 0 fully saturated rings. The minimum atomic E-state index is -0.501. The number of benzene rings is 2. The predicted octanol–water partition coefficient (Wildman–Crippen LogP) is 5.47. The molecule has 1 unspecified atom stereocenters. The number of alkyl halides is 1. The molecule has 0 aromatic heterocycles. The molecule has 19 heavy (non-hydrogen) atoms. The summed E-state index contributed by atoms with van der Waals surface area (Å²) in [6, 6.07) is 9.54. The van der Waals surface area contributed by atoms with Crippen molar-refractivity contribution >= 4 is 34.8 Å². The SMILES string of the molecule is COc1cc(C(Cl)c2ccc(Cl)cc2Cl)ccc1F. The maximum absolute atomic E-state index is 13.4. The van der Waals surface area contributed by atoms with Crippen molar-refractivity contribution in [3.63, 3.8) is 0 Å². The molecule has 0 aliphatic rings. The third kappa shape index (κ3) is 3.14. The summed E-state index contributed by atoms with van der Waals surface area (Å²) in [5.74, 6) is -0.287. The first kappa shape index (κ1) is 14.4. The molecule has 2 aromatic rings. The summed E-state index contributed by atoms with van der Waals surface area (Å²) in [6.07, 6.45) is 0. The fraction of sp³-hybridized carbons (Fsp3) is 0.143. The van der Waals surface area contributed by atoms with Gasteiger partial charge in [0.15, 0.2) is 11.6 Å². The maximum atomic E-state index is 13.4. The van der Waals surface area contributed by atoms with Crippen LogP contribution in [0, 0.1) is 5.82 Å². The van der Waals surface area contributed by atoms with Crippen molar-refractivity contribution in [2.45, 2.75) is 5.38 Å². The van der Waals surface area contributed by atoms with Crippen molar-refractivity contribution in [3.05, 3.63) is 63.4 Å². The Morgan fingerprint density at radius 2 is 1.84 bits per heavy atom. The fourth-order valence-corrected chi connectivity index (χ4v) is 2.62. The van der Waals surface area contributed by atoms with E-state index in [1.165, 1.54) is 13.2 Å². The topological polar surface area (TPSA) is 9.23 Å². The second kappa shape index (κ2) is 6.00. The second-order valence-electron chi connectivity index (χ2n) is 3.92. The predicted molar refractivity (Wildman–Crippen MR) is 77.1 cm³/mol. The molecule has 0 N–H and O–H groups in total. The van der Waals surface area contributed by atoms with Crippen molar-refractivity contribution in [1.29, 1.82) is 0 Å². The van der Waals surface area contributed by atoms with Crippen molar-refractivity contribution < 1.29 is 9.13 Å². The lowest BCUT2D eigenvalue weighted by atomic mass is 10.0. The largest absolute Gasteiger partial charge is 0.494 e. The van der Waals surface area contributed by atoms with Gasteiger partial charge in [0.2, 0.25) is 0 Å². The van der Waals surface area contributed by atoms with E-state index in [0.717, 1.165) is 0 Å². The third-order valence-electron chi connectivity index (χ3n) is 2.70. The standard InChI is InChI=1S/C14H10Cl3FO/c1-19-13-6-8(2-5-12(13)18)14(17)10-4-3-9(15)7-11(10)16/h2-7,14H,1H3. The molecule has 0 heterocycles. The van der Waals surface area contributed by atoms with Gasteiger partial charge in [-0.1, -0.05) is 35.3 Å². The summed E-state index contributed by atoms with van der Waals surface area (Å²) in [5.41, 5.74) is 1.41. The lowest BCUT2D eigenvalue weighted by Crippen LogP contribution is -1.97. The molecule has 1 nitrogen and oxygen atoms in total. The van der Waals surface area contributed by atoms with Crippen LogP contribution in [0.5, 0.6) is 5.75 Å². The summed E-state index contributed by atoms with van der Waals surface area (Å²) in [7, 11) is 1.40. The fourth-order valence-electron chi connectivity index (χ4n) is 1.72. The van der Waals surface area contributed by atoms with Gasteiger partial charge in [0.25, 0.3) is 0 Å². The monoisotopic (exact) mass is 318 g/mol. The highest BCUT2D eigenvalue weighted by Gasteiger charge is 2.16. The number of hydrogen-bond donors (Lipinski definition) is 0. The molecule has 0 amide bonds. The minimum absolute atomic E-state index is 0.147. The van der Waals surface area contributed by atoms with Crippen LogP contribution in [0.3, 0.4) is 0 Å². The highest BCUT2D eigenvalue weighted by molar-refractivity contribution is 6.36. The van der Waals surface area contributed by atoms with E-state index in [4.69, 9.17) is 39.5 Å². The van der Waals surface area contributed by atoms with Crippen LogP contribution in [-0.2, 0) is 0 Å². The minimum Gasteiger partial charge on any atom is -0.494 e. The van der Waals surface area contributed by atoms with Crippen LogP contribution >= 0.6 is 34.8 Å². The number of ether oxygens (including phenoxy) is 1. The Bertz CT molecular complexity index is 601. The van der Waals surface area contributed by atoms with Crippen LogP contribution < -0.4 is 4.74 Å². The molecule has 0 aliphatic heterocycles. The van der Waals surface area contributed by atoms with Crippen molar-refractivity contribution in [2.24, 2.45) is 0 Å². The van der Waals surface area contributed by atoms with Gasteiger partial charge in [-0.15, -0.1) is 11.6 Å². The second-order valence-corrected chi connectivity index (χ2v) is 5.20. The molecule has 0 aliphatic carbocycles. The molecule has 5 heteroatoms. The van der Waals surface area contributed by atoms with Gasteiger partial charge in [-0.05, 0) is 35.4 Å². The highest BCUT2D eigenvalue weighted by atomic mass is 35.5. The van der Waals surface area contributed by atoms with Gasteiger partial charge >= 0.3 is 0 Å². The zero-order valence-electron chi connectivity index (χ0n) is 9.96. The lowest BCUT2D eigenvalue weighted by Gasteiger charge is -2.13. The molecule has 0 saturated heterocycles. The molecule has 0 radical (unpaired) electrons. The molecular formula is C14H10Cl3FO. The van der Waals surface area contributed by atoms with Gasteiger partial charge in [-0.25, -0.2) is 4.39 Å². The Labute approximate surface area is 125 Å². The highest BCUT2D eigenvalue weighted by Crippen LogP contribution is 2.36. The Hall–Kier alpha value is -0.960. The van der Waals surface area contributed by atoms with E-state index in [1.807, 2.05) is 0 Å². The molecule has 2 aromatic carbocycles. The number of hydrogen-bond acceptors (Lipinski definition) is 1. The first-order valence-corrected chi connectivity index (χ1v) is 6.64. The van der Waals surface area contributed by atoms with Crippen LogP contribution in [0.25, 0.3) is 0 Å². The van der Waals surface area contributed by atoms with Gasteiger partial charge in [-0.2, -0.15) is 0 Å². The molecular weight excluding hydrogens is 310 g/mol. The van der Waals surface area contributed by atoms with Gasteiger partial charge < -0.3 is 4.74 Å². The molecule has 2 rings (SSSR count). The third-order valence-corrected chi connectivity index (χ3v) is 3.75. The lowest BCUT2D eigenvalue weighted by molar-refractivity contribution is 0.386. The van der Waals surface area contributed by atoms with E-state index in [2.05, 4.69) is 0 Å². The summed E-state index contributed by atoms with van der Waals surface area (Å²) in [5, 5.41) is 0.504. The Kier molecular flexibility index (Phi) is 4.56. The van der Waals surface area contributed by atoms with Gasteiger partial charge in [0.05, 0.1) is 12.5 Å². The molecule has 100 valence electrons. The Morgan fingerprint density at radius 1 is 1.11 bits per heavy atom. The summed E-state index contributed by atoms with van der Waals surface area (Å²) < 4.78 is 18.3. The van der Waals surface area contributed by atoms with Crippen molar-refractivity contribution in [1.82, 2.24) is 0 Å². The van der Waals surface area contributed by atoms with E-state index in [1.54, 1.807) is 30.3 Å². The molecule has 0 saturated carbocycles. The normalized spacial score (nSPS) is 12.3. The van der Waals surface area contributed by atoms with E-state index in [9.17, 15) is 4.39 Å². The Balaban J connectivity index is 2.40. The van der Waals surface area contributed by atoms with E-state index in [0.29, 0.717) is 21.2 Å². The van der Waals surface area contributed by atoms with Crippen LogP contribution in [-0.4, -0.2) is 7.11 Å². The van der Waals surface area contributed by atoms with Crippen molar-refractivity contribution in [2.75, 3.05) is 7.11 Å². The van der Waals surface area contributed by atoms with E-state index >= 15 is 0 Å². The Morgan fingerprint density at radius 3 is 2.47 bits per heavy atom. The van der Waals surface area contributed by atoms with Crippen LogP contribution in [0.1, 0.15) is 16.5 Å². The smallest absolute Gasteiger partial charge is 0.165 e. The van der Waals surface area contributed by atoms with Crippen LogP contribution in [0.4, 0.5) is 4.39 Å². The van der Waals surface area contributed by atoms with Gasteiger partial charge in [0.1, 0.15) is 0 Å². The maximum Gasteiger partial charge on any atom is 0.165 e. The van der Waals surface area contributed by atoms with E-state index < -0.39 is 11.2 Å². The molecule has 1 atom stereocenters. The first-order chi connectivity index (χ1) is 9.02. The average molecular weight is 320 g/mol. The number of halogens is 4. The molecule has 0 bridgehead atoms.